The fraction of sp³-hybridized carbons (Fsp3) is 0.667. The Bertz CT molecular complexity index is 1070. The number of piperidine rings is 2. The van der Waals surface area contributed by atoms with E-state index in [1.165, 1.54) is 0 Å². The van der Waals surface area contributed by atoms with Gasteiger partial charge < -0.3 is 19.7 Å². The van der Waals surface area contributed by atoms with E-state index in [0.717, 1.165) is 45.3 Å². The van der Waals surface area contributed by atoms with Gasteiger partial charge in [0, 0.05) is 56.5 Å². The molecule has 10 heteroatoms. The van der Waals surface area contributed by atoms with Gasteiger partial charge in [-0.1, -0.05) is 0 Å². The Balaban J connectivity index is 1.20. The minimum Gasteiger partial charge on any atom is -0.490 e. The van der Waals surface area contributed by atoms with Gasteiger partial charge in [0.05, 0.1) is 0 Å². The largest absolute Gasteiger partial charge is 0.490 e. The fourth-order valence-corrected chi connectivity index (χ4v) is 5.56. The molecule has 4 rings (SSSR count). The van der Waals surface area contributed by atoms with Crippen LogP contribution < -0.4 is 15.4 Å². The number of nitrogens with zero attached hydrogens (tertiary/aromatic N) is 2. The van der Waals surface area contributed by atoms with E-state index in [2.05, 4.69) is 29.4 Å². The Morgan fingerprint density at radius 3 is 2.30 bits per heavy atom. The van der Waals surface area contributed by atoms with Gasteiger partial charge >= 0.3 is 6.09 Å². The highest BCUT2D eigenvalue weighted by atomic mass is 16.6. The third-order valence-electron chi connectivity index (χ3n) is 7.90. The predicted molar refractivity (Wildman–Crippen MR) is 150 cm³/mol. The zero-order chi connectivity index (χ0) is 29.0. The van der Waals surface area contributed by atoms with Crippen LogP contribution in [0.25, 0.3) is 0 Å². The molecule has 2 saturated heterocycles. The molecular weight excluding hydrogens is 512 g/mol. The van der Waals surface area contributed by atoms with Crippen LogP contribution in [-0.4, -0.2) is 83.1 Å². The Morgan fingerprint density at radius 1 is 1.07 bits per heavy atom. The Morgan fingerprint density at radius 2 is 1.73 bits per heavy atom. The van der Waals surface area contributed by atoms with Crippen molar-refractivity contribution in [3.8, 4) is 5.75 Å². The summed E-state index contributed by atoms with van der Waals surface area (Å²) in [7, 11) is 0. The van der Waals surface area contributed by atoms with Gasteiger partial charge in [-0.2, -0.15) is 0 Å². The van der Waals surface area contributed by atoms with Crippen molar-refractivity contribution in [2.24, 2.45) is 5.92 Å². The quantitative estimate of drug-likeness (QED) is 0.471. The average Bonchev–Trinajstić information content (AvgIpc) is 2.86. The van der Waals surface area contributed by atoms with Crippen molar-refractivity contribution in [3.05, 3.63) is 29.8 Å². The first-order chi connectivity index (χ1) is 18.9. The standard InChI is InChI=1S/C30H44N4O6/c1-19(2)34(18-20-12-14-33(15-13-20)29(38)40-30(3,4)5)22-16-24(17-22)39-23-8-6-21(7-9-23)27(36)31-25-10-11-26(35)32-28(25)37/h6-9,19-20,22,24-25H,10-18H2,1-5H3,(H,31,36)(H,32,35,37)/t22?,24?,25-/m0/s1. The van der Waals surface area contributed by atoms with Crippen molar-refractivity contribution >= 4 is 23.8 Å². The number of hydrogen-bond acceptors (Lipinski definition) is 7. The van der Waals surface area contributed by atoms with Crippen LogP contribution in [0.2, 0.25) is 0 Å². The Hall–Kier alpha value is -3.14. The SMILES string of the molecule is CC(C)N(CC1CCN(C(=O)OC(C)(C)C)CC1)C1CC(Oc2ccc(C(=O)N[C@H]3CCC(=O)NC3=O)cc2)C1. The van der Waals surface area contributed by atoms with E-state index in [9.17, 15) is 19.2 Å². The first-order valence-electron chi connectivity index (χ1n) is 14.5. The molecule has 0 bridgehead atoms. The molecule has 2 aliphatic heterocycles. The normalized spacial score (nSPS) is 24.0. The summed E-state index contributed by atoms with van der Waals surface area (Å²) in [5.41, 5.74) is -0.0354. The van der Waals surface area contributed by atoms with Gasteiger partial charge in [0.2, 0.25) is 11.8 Å². The number of benzene rings is 1. The number of carbonyl (C=O) groups is 4. The first-order valence-corrected chi connectivity index (χ1v) is 14.5. The molecule has 1 aliphatic carbocycles. The van der Waals surface area contributed by atoms with Crippen LogP contribution in [0.15, 0.2) is 24.3 Å². The highest BCUT2D eigenvalue weighted by Gasteiger charge is 2.38. The molecule has 2 N–H and O–H groups in total. The van der Waals surface area contributed by atoms with Gasteiger partial charge in [-0.15, -0.1) is 0 Å². The third kappa shape index (κ3) is 7.96. The van der Waals surface area contributed by atoms with Gasteiger partial charge in [0.25, 0.3) is 5.91 Å². The highest BCUT2D eigenvalue weighted by Crippen LogP contribution is 2.33. The van der Waals surface area contributed by atoms with E-state index < -0.39 is 17.6 Å². The molecule has 0 aromatic heterocycles. The lowest BCUT2D eigenvalue weighted by molar-refractivity contribution is -0.134. The number of carbonyl (C=O) groups excluding carboxylic acids is 4. The van der Waals surface area contributed by atoms with Gasteiger partial charge in [-0.25, -0.2) is 4.79 Å². The number of amides is 4. The number of likely N-dealkylation sites (tertiary alicyclic amines) is 1. The second-order valence-corrected chi connectivity index (χ2v) is 12.6. The van der Waals surface area contributed by atoms with E-state index >= 15 is 0 Å². The summed E-state index contributed by atoms with van der Waals surface area (Å²) >= 11 is 0. The Kier molecular flexibility index (Phi) is 9.38. The molecular formula is C30H44N4O6. The maximum Gasteiger partial charge on any atom is 0.410 e. The summed E-state index contributed by atoms with van der Waals surface area (Å²) in [5.74, 6) is 0.138. The molecule has 1 saturated carbocycles. The highest BCUT2D eigenvalue weighted by molar-refractivity contribution is 6.03. The molecule has 0 spiro atoms. The summed E-state index contributed by atoms with van der Waals surface area (Å²) in [6.07, 6.45) is 4.31. The average molecular weight is 557 g/mol. The van der Waals surface area contributed by atoms with Crippen LogP contribution in [0.4, 0.5) is 4.79 Å². The molecule has 3 aliphatic rings. The molecule has 1 aromatic rings. The van der Waals surface area contributed by atoms with Crippen molar-refractivity contribution in [1.29, 1.82) is 0 Å². The van der Waals surface area contributed by atoms with Crippen molar-refractivity contribution < 1.29 is 28.7 Å². The van der Waals surface area contributed by atoms with Crippen LogP contribution in [0.5, 0.6) is 5.75 Å². The van der Waals surface area contributed by atoms with Crippen molar-refractivity contribution in [2.45, 2.75) is 103 Å². The van der Waals surface area contributed by atoms with Gasteiger partial charge in [-0.3, -0.25) is 24.6 Å². The summed E-state index contributed by atoms with van der Waals surface area (Å²) in [4.78, 5) is 52.5. The number of ether oxygens (including phenoxy) is 2. The topological polar surface area (TPSA) is 117 Å². The number of nitrogens with one attached hydrogen (secondary N) is 2. The van der Waals surface area contributed by atoms with Gasteiger partial charge in [-0.05, 0) is 84.1 Å². The summed E-state index contributed by atoms with van der Waals surface area (Å²) in [6.45, 7) is 12.7. The van der Waals surface area contributed by atoms with Crippen molar-refractivity contribution in [3.63, 3.8) is 0 Å². The molecule has 220 valence electrons. The summed E-state index contributed by atoms with van der Waals surface area (Å²) in [6, 6.07) is 7.14. The fourth-order valence-electron chi connectivity index (χ4n) is 5.56. The second-order valence-electron chi connectivity index (χ2n) is 12.6. The number of imide groups is 1. The molecule has 0 radical (unpaired) electrons. The van der Waals surface area contributed by atoms with Gasteiger partial charge in [0.15, 0.2) is 0 Å². The lowest BCUT2D eigenvalue weighted by atomic mass is 9.85. The van der Waals surface area contributed by atoms with Gasteiger partial charge in [0.1, 0.15) is 23.5 Å². The van der Waals surface area contributed by atoms with Crippen LogP contribution in [0.3, 0.4) is 0 Å². The van der Waals surface area contributed by atoms with Crippen molar-refractivity contribution in [2.75, 3.05) is 19.6 Å². The predicted octanol–water partition coefficient (Wildman–Crippen LogP) is 3.49. The van der Waals surface area contributed by atoms with E-state index in [1.54, 1.807) is 24.3 Å². The molecule has 4 amide bonds. The summed E-state index contributed by atoms with van der Waals surface area (Å²) < 4.78 is 11.7. The Labute approximate surface area is 237 Å². The molecule has 1 aromatic carbocycles. The minimum absolute atomic E-state index is 0.128. The van der Waals surface area contributed by atoms with Crippen LogP contribution in [0.1, 0.15) is 83.5 Å². The number of rotatable bonds is 8. The molecule has 1 atom stereocenters. The smallest absolute Gasteiger partial charge is 0.410 e. The van der Waals surface area contributed by atoms with E-state index in [1.807, 2.05) is 25.7 Å². The molecule has 0 unspecified atom stereocenters. The first kappa shape index (κ1) is 29.8. The molecule has 3 fully saturated rings. The van der Waals surface area contributed by atoms with Crippen LogP contribution >= 0.6 is 0 Å². The van der Waals surface area contributed by atoms with E-state index in [0.29, 0.717) is 35.7 Å². The van der Waals surface area contributed by atoms with Crippen molar-refractivity contribution in [1.82, 2.24) is 20.4 Å². The van der Waals surface area contributed by atoms with E-state index in [4.69, 9.17) is 9.47 Å². The summed E-state index contributed by atoms with van der Waals surface area (Å²) in [5, 5.41) is 4.94. The zero-order valence-electron chi connectivity index (χ0n) is 24.4. The van der Waals surface area contributed by atoms with E-state index in [-0.39, 0.29) is 30.4 Å². The van der Waals surface area contributed by atoms with Crippen LogP contribution in [0, 0.1) is 5.92 Å². The third-order valence-corrected chi connectivity index (χ3v) is 7.90. The monoisotopic (exact) mass is 556 g/mol. The zero-order valence-corrected chi connectivity index (χ0v) is 24.4. The maximum absolute atomic E-state index is 12.5. The maximum atomic E-state index is 12.5. The van der Waals surface area contributed by atoms with Crippen LogP contribution in [-0.2, 0) is 14.3 Å². The second kappa shape index (κ2) is 12.6. The molecule has 40 heavy (non-hydrogen) atoms. The number of hydrogen-bond donors (Lipinski definition) is 2. The lowest BCUT2D eigenvalue weighted by Gasteiger charge is -2.46. The molecule has 10 nitrogen and oxygen atoms in total. The lowest BCUT2D eigenvalue weighted by Crippen LogP contribution is -2.54. The minimum atomic E-state index is -0.700. The molecule has 2 heterocycles.